The van der Waals surface area contributed by atoms with Crippen LogP contribution in [0.1, 0.15) is 11.1 Å². The summed E-state index contributed by atoms with van der Waals surface area (Å²) in [6.45, 7) is 2.21. The highest BCUT2D eigenvalue weighted by atomic mass is 16.5. The smallest absolute Gasteiger partial charge is 0.252 e. The van der Waals surface area contributed by atoms with Crippen molar-refractivity contribution in [2.24, 2.45) is 5.73 Å². The number of nitrogens with one attached hydrogen (secondary N) is 1. The summed E-state index contributed by atoms with van der Waals surface area (Å²) in [6, 6.07) is 9.41. The SMILES string of the molecule is COc1ccc(-c2ccc(CN)c(=O)[nH]2)cc1C. The predicted molar refractivity (Wildman–Crippen MR) is 71.7 cm³/mol. The van der Waals surface area contributed by atoms with E-state index in [0.29, 0.717) is 5.56 Å². The Labute approximate surface area is 105 Å². The molecule has 94 valence electrons. The fourth-order valence-corrected chi connectivity index (χ4v) is 1.88. The lowest BCUT2D eigenvalue weighted by Gasteiger charge is -2.08. The van der Waals surface area contributed by atoms with Crippen LogP contribution < -0.4 is 16.0 Å². The summed E-state index contributed by atoms with van der Waals surface area (Å²) in [5.74, 6) is 0.833. The molecule has 0 spiro atoms. The molecule has 0 aliphatic carbocycles. The Kier molecular flexibility index (Phi) is 3.48. The Morgan fingerprint density at radius 3 is 2.61 bits per heavy atom. The first kappa shape index (κ1) is 12.4. The Hall–Kier alpha value is -2.07. The summed E-state index contributed by atoms with van der Waals surface area (Å²) in [5.41, 5.74) is 8.68. The minimum absolute atomic E-state index is 0.136. The third-order valence-corrected chi connectivity index (χ3v) is 2.92. The number of pyridine rings is 1. The Morgan fingerprint density at radius 2 is 2.06 bits per heavy atom. The fourth-order valence-electron chi connectivity index (χ4n) is 1.88. The third-order valence-electron chi connectivity index (χ3n) is 2.92. The molecule has 0 atom stereocenters. The molecule has 4 heteroatoms. The predicted octanol–water partition coefficient (Wildman–Crippen LogP) is 1.82. The maximum atomic E-state index is 11.7. The lowest BCUT2D eigenvalue weighted by atomic mass is 10.1. The number of H-pyrrole nitrogens is 1. The molecule has 4 nitrogen and oxygen atoms in total. The monoisotopic (exact) mass is 244 g/mol. The molecule has 0 aliphatic rings. The normalized spacial score (nSPS) is 10.4. The number of ether oxygens (including phenoxy) is 1. The van der Waals surface area contributed by atoms with E-state index in [9.17, 15) is 4.79 Å². The topological polar surface area (TPSA) is 68.1 Å². The van der Waals surface area contributed by atoms with Gasteiger partial charge in [0.15, 0.2) is 0 Å². The maximum Gasteiger partial charge on any atom is 0.252 e. The first-order chi connectivity index (χ1) is 8.65. The van der Waals surface area contributed by atoms with E-state index in [1.807, 2.05) is 31.2 Å². The van der Waals surface area contributed by atoms with Crippen LogP contribution in [0.2, 0.25) is 0 Å². The van der Waals surface area contributed by atoms with Gasteiger partial charge in [0.25, 0.3) is 5.56 Å². The van der Waals surface area contributed by atoms with Crippen LogP contribution in [0.4, 0.5) is 0 Å². The summed E-state index contributed by atoms with van der Waals surface area (Å²) >= 11 is 0. The zero-order valence-corrected chi connectivity index (χ0v) is 10.5. The lowest BCUT2D eigenvalue weighted by Crippen LogP contribution is -2.15. The van der Waals surface area contributed by atoms with E-state index < -0.39 is 0 Å². The number of benzene rings is 1. The van der Waals surface area contributed by atoms with Crippen LogP contribution in [0.15, 0.2) is 35.1 Å². The second kappa shape index (κ2) is 5.06. The van der Waals surface area contributed by atoms with Gasteiger partial charge in [-0.2, -0.15) is 0 Å². The quantitative estimate of drug-likeness (QED) is 0.865. The summed E-state index contributed by atoms with van der Waals surface area (Å²) < 4.78 is 5.21. The molecule has 2 rings (SSSR count). The third kappa shape index (κ3) is 2.28. The fraction of sp³-hybridized carbons (Fsp3) is 0.214. The first-order valence-electron chi connectivity index (χ1n) is 5.73. The van der Waals surface area contributed by atoms with Gasteiger partial charge in [0.1, 0.15) is 5.75 Å². The minimum atomic E-state index is -0.136. The summed E-state index contributed by atoms with van der Waals surface area (Å²) in [4.78, 5) is 14.5. The van der Waals surface area contributed by atoms with E-state index in [2.05, 4.69) is 4.98 Å². The molecule has 0 bridgehead atoms. The molecule has 1 aromatic carbocycles. The van der Waals surface area contributed by atoms with Crippen molar-refractivity contribution in [3.8, 4) is 17.0 Å². The van der Waals surface area contributed by atoms with Crippen molar-refractivity contribution >= 4 is 0 Å². The number of hydrogen-bond donors (Lipinski definition) is 2. The molecule has 0 aliphatic heterocycles. The zero-order valence-electron chi connectivity index (χ0n) is 10.5. The van der Waals surface area contributed by atoms with Crippen molar-refractivity contribution in [1.82, 2.24) is 4.98 Å². The molecule has 0 fully saturated rings. The lowest BCUT2D eigenvalue weighted by molar-refractivity contribution is 0.412. The number of hydrogen-bond acceptors (Lipinski definition) is 3. The Bertz CT molecular complexity index is 617. The number of aromatic nitrogens is 1. The van der Waals surface area contributed by atoms with Crippen LogP contribution in [0.3, 0.4) is 0 Å². The van der Waals surface area contributed by atoms with Gasteiger partial charge >= 0.3 is 0 Å². The average molecular weight is 244 g/mol. The zero-order chi connectivity index (χ0) is 13.1. The van der Waals surface area contributed by atoms with Crippen LogP contribution in [0, 0.1) is 6.92 Å². The second-order valence-electron chi connectivity index (χ2n) is 4.11. The Morgan fingerprint density at radius 1 is 1.28 bits per heavy atom. The van der Waals surface area contributed by atoms with Gasteiger partial charge < -0.3 is 15.5 Å². The van der Waals surface area contributed by atoms with E-state index in [4.69, 9.17) is 10.5 Å². The Balaban J connectivity index is 2.46. The summed E-state index contributed by atoms with van der Waals surface area (Å²) in [5, 5.41) is 0. The summed E-state index contributed by atoms with van der Waals surface area (Å²) in [6.07, 6.45) is 0. The van der Waals surface area contributed by atoms with Crippen LogP contribution in [-0.4, -0.2) is 12.1 Å². The van der Waals surface area contributed by atoms with Gasteiger partial charge in [-0.25, -0.2) is 0 Å². The van der Waals surface area contributed by atoms with Gasteiger partial charge in [-0.1, -0.05) is 6.07 Å². The number of aromatic amines is 1. The van der Waals surface area contributed by atoms with E-state index in [0.717, 1.165) is 22.6 Å². The van der Waals surface area contributed by atoms with Gasteiger partial charge in [0.05, 0.1) is 7.11 Å². The van der Waals surface area contributed by atoms with E-state index in [1.54, 1.807) is 13.2 Å². The summed E-state index contributed by atoms with van der Waals surface area (Å²) in [7, 11) is 1.64. The molecule has 0 saturated heterocycles. The molecule has 0 amide bonds. The number of nitrogens with two attached hydrogens (primary N) is 1. The van der Waals surface area contributed by atoms with Crippen molar-refractivity contribution in [2.75, 3.05) is 7.11 Å². The molecule has 1 heterocycles. The largest absolute Gasteiger partial charge is 0.496 e. The highest BCUT2D eigenvalue weighted by Gasteiger charge is 2.04. The molecular formula is C14H16N2O2. The molecule has 0 unspecified atom stereocenters. The molecule has 18 heavy (non-hydrogen) atoms. The average Bonchev–Trinajstić information content (AvgIpc) is 2.38. The van der Waals surface area contributed by atoms with E-state index >= 15 is 0 Å². The van der Waals surface area contributed by atoms with E-state index in [-0.39, 0.29) is 12.1 Å². The molecule has 0 saturated carbocycles. The van der Waals surface area contributed by atoms with Crippen molar-refractivity contribution in [3.63, 3.8) is 0 Å². The highest BCUT2D eigenvalue weighted by Crippen LogP contribution is 2.24. The highest BCUT2D eigenvalue weighted by molar-refractivity contribution is 5.62. The van der Waals surface area contributed by atoms with Gasteiger partial charge in [-0.15, -0.1) is 0 Å². The standard InChI is InChI=1S/C14H16N2O2/c1-9-7-10(4-6-13(9)18-2)12-5-3-11(8-15)14(17)16-12/h3-7H,8,15H2,1-2H3,(H,16,17). The van der Waals surface area contributed by atoms with Gasteiger partial charge in [-0.3, -0.25) is 4.79 Å². The van der Waals surface area contributed by atoms with Crippen LogP contribution in [-0.2, 0) is 6.54 Å². The van der Waals surface area contributed by atoms with Crippen LogP contribution in [0.25, 0.3) is 11.3 Å². The molecular weight excluding hydrogens is 228 g/mol. The van der Waals surface area contributed by atoms with Crippen molar-refractivity contribution in [1.29, 1.82) is 0 Å². The first-order valence-corrected chi connectivity index (χ1v) is 5.73. The van der Waals surface area contributed by atoms with Crippen molar-refractivity contribution in [3.05, 3.63) is 51.8 Å². The van der Waals surface area contributed by atoms with Gasteiger partial charge in [0, 0.05) is 17.8 Å². The molecule has 1 aromatic heterocycles. The van der Waals surface area contributed by atoms with Crippen molar-refractivity contribution < 1.29 is 4.74 Å². The number of aryl methyl sites for hydroxylation is 1. The number of methoxy groups -OCH3 is 1. The van der Waals surface area contributed by atoms with Crippen LogP contribution in [0.5, 0.6) is 5.75 Å². The van der Waals surface area contributed by atoms with Gasteiger partial charge in [-0.05, 0) is 42.3 Å². The molecule has 3 N–H and O–H groups in total. The van der Waals surface area contributed by atoms with Crippen molar-refractivity contribution in [2.45, 2.75) is 13.5 Å². The second-order valence-corrected chi connectivity index (χ2v) is 4.11. The molecule has 2 aromatic rings. The maximum absolute atomic E-state index is 11.7. The van der Waals surface area contributed by atoms with Crippen LogP contribution >= 0.6 is 0 Å². The van der Waals surface area contributed by atoms with Gasteiger partial charge in [0.2, 0.25) is 0 Å². The minimum Gasteiger partial charge on any atom is -0.496 e. The molecule has 0 radical (unpaired) electrons. The van der Waals surface area contributed by atoms with E-state index in [1.165, 1.54) is 0 Å². The number of rotatable bonds is 3.